The molecule has 2 amide bonds. The molecule has 4 nitrogen and oxygen atoms in total. The van der Waals surface area contributed by atoms with E-state index >= 15 is 0 Å². The lowest BCUT2D eigenvalue weighted by atomic mass is 10.0. The molecule has 2 aromatic carbocycles. The molecule has 0 aliphatic carbocycles. The van der Waals surface area contributed by atoms with E-state index in [-0.39, 0.29) is 24.3 Å². The summed E-state index contributed by atoms with van der Waals surface area (Å²) in [7, 11) is 0. The number of amides is 2. The van der Waals surface area contributed by atoms with E-state index in [1.807, 2.05) is 24.3 Å². The van der Waals surface area contributed by atoms with Gasteiger partial charge in [0.1, 0.15) is 6.54 Å². The monoisotopic (exact) mass is 378 g/mol. The van der Waals surface area contributed by atoms with Crippen LogP contribution in [0.4, 0.5) is 11.4 Å². The molecule has 25 heavy (non-hydrogen) atoms. The van der Waals surface area contributed by atoms with Crippen LogP contribution in [0.5, 0.6) is 0 Å². The molecule has 0 spiro atoms. The number of hydrogen-bond donors (Lipinski definition) is 1. The molecule has 1 N–H and O–H groups in total. The molecule has 0 saturated carbocycles. The second-order valence-corrected chi connectivity index (χ2v) is 6.78. The van der Waals surface area contributed by atoms with Gasteiger partial charge in [0.05, 0.1) is 15.7 Å². The smallest absolute Gasteiger partial charge is 0.244 e. The third kappa shape index (κ3) is 4.74. The van der Waals surface area contributed by atoms with E-state index < -0.39 is 0 Å². The van der Waals surface area contributed by atoms with Crippen molar-refractivity contribution in [3.8, 4) is 0 Å². The highest BCUT2D eigenvalue weighted by Gasteiger charge is 2.21. The molecule has 0 fully saturated rings. The number of nitrogens with zero attached hydrogens (tertiary/aromatic N) is 1. The first-order valence-corrected chi connectivity index (χ1v) is 8.67. The normalized spacial score (nSPS) is 10.6. The number of halogens is 2. The average Bonchev–Trinajstić information content (AvgIpc) is 2.53. The Balaban J connectivity index is 2.24. The molecule has 0 radical (unpaired) electrons. The quantitative estimate of drug-likeness (QED) is 0.785. The van der Waals surface area contributed by atoms with Crippen LogP contribution in [0.25, 0.3) is 0 Å². The molecule has 0 aliphatic rings. The highest BCUT2D eigenvalue weighted by molar-refractivity contribution is 6.40. The van der Waals surface area contributed by atoms with E-state index in [0.717, 1.165) is 11.3 Å². The molecule has 6 heteroatoms. The molecule has 2 rings (SSSR count). The molecule has 0 saturated heterocycles. The van der Waals surface area contributed by atoms with Crippen LogP contribution < -0.4 is 10.2 Å². The second-order valence-electron chi connectivity index (χ2n) is 5.97. The van der Waals surface area contributed by atoms with E-state index in [1.165, 1.54) is 11.8 Å². The Bertz CT molecular complexity index is 770. The molecule has 0 unspecified atom stereocenters. The zero-order valence-corrected chi connectivity index (χ0v) is 15.9. The summed E-state index contributed by atoms with van der Waals surface area (Å²) >= 11 is 12.3. The minimum atomic E-state index is -0.320. The number of nitrogens with one attached hydrogen (secondary N) is 1. The van der Waals surface area contributed by atoms with Gasteiger partial charge in [-0.25, -0.2) is 0 Å². The predicted octanol–water partition coefficient (Wildman–Crippen LogP) is 5.11. The van der Waals surface area contributed by atoms with Crippen molar-refractivity contribution in [2.75, 3.05) is 16.8 Å². The summed E-state index contributed by atoms with van der Waals surface area (Å²) in [6, 6.07) is 12.5. The van der Waals surface area contributed by atoms with Gasteiger partial charge >= 0.3 is 0 Å². The van der Waals surface area contributed by atoms with Crippen molar-refractivity contribution >= 4 is 46.4 Å². The summed E-state index contributed by atoms with van der Waals surface area (Å²) in [5.74, 6) is -0.375. The number of hydrogen-bond acceptors (Lipinski definition) is 2. The maximum Gasteiger partial charge on any atom is 0.244 e. The summed E-state index contributed by atoms with van der Waals surface area (Å²) in [5.41, 5.74) is 2.10. The van der Waals surface area contributed by atoms with Gasteiger partial charge in [-0.3, -0.25) is 9.59 Å². The fraction of sp³-hybridized carbons (Fsp3) is 0.263. The second kappa shape index (κ2) is 8.37. The molecule has 132 valence electrons. The van der Waals surface area contributed by atoms with Crippen LogP contribution in [-0.4, -0.2) is 18.4 Å². The number of rotatable bonds is 5. The van der Waals surface area contributed by atoms with E-state index in [0.29, 0.717) is 15.7 Å². The third-order valence-corrected chi connectivity index (χ3v) is 4.36. The molecule has 0 atom stereocenters. The Morgan fingerprint density at radius 2 is 1.64 bits per heavy atom. The molecule has 2 aromatic rings. The molecular weight excluding hydrogens is 359 g/mol. The molecule has 0 heterocycles. The van der Waals surface area contributed by atoms with Gasteiger partial charge in [-0.15, -0.1) is 0 Å². The lowest BCUT2D eigenvalue weighted by molar-refractivity contribution is -0.120. The van der Waals surface area contributed by atoms with Crippen molar-refractivity contribution in [2.45, 2.75) is 26.7 Å². The van der Waals surface area contributed by atoms with Gasteiger partial charge in [0, 0.05) is 12.6 Å². The number of carbonyl (C=O) groups excluding carboxylic acids is 2. The van der Waals surface area contributed by atoms with Crippen molar-refractivity contribution < 1.29 is 9.59 Å². The van der Waals surface area contributed by atoms with E-state index in [2.05, 4.69) is 19.2 Å². The van der Waals surface area contributed by atoms with E-state index in [4.69, 9.17) is 23.2 Å². The highest BCUT2D eigenvalue weighted by Crippen LogP contribution is 2.33. The Kier molecular flexibility index (Phi) is 6.45. The first kappa shape index (κ1) is 19.3. The Hall–Kier alpha value is -2.04. The minimum Gasteiger partial charge on any atom is -0.324 e. The number of para-hydroxylation sites is 2. The summed E-state index contributed by atoms with van der Waals surface area (Å²) in [4.78, 5) is 25.8. The van der Waals surface area contributed by atoms with Crippen LogP contribution in [-0.2, 0) is 9.59 Å². The van der Waals surface area contributed by atoms with Crippen molar-refractivity contribution in [1.29, 1.82) is 0 Å². The summed E-state index contributed by atoms with van der Waals surface area (Å²) in [5, 5.41) is 3.50. The van der Waals surface area contributed by atoms with Crippen LogP contribution in [0.3, 0.4) is 0 Å². The van der Waals surface area contributed by atoms with Crippen molar-refractivity contribution in [3.05, 3.63) is 58.1 Å². The van der Waals surface area contributed by atoms with Gasteiger partial charge in [-0.05, 0) is 29.7 Å². The van der Waals surface area contributed by atoms with E-state index in [9.17, 15) is 9.59 Å². The SMILES string of the molecule is CC(=O)N(CC(=O)Nc1ccccc1C(C)C)c1c(Cl)cccc1Cl. The molecular formula is C19H20Cl2N2O2. The Morgan fingerprint density at radius 1 is 1.04 bits per heavy atom. The van der Waals surface area contributed by atoms with Crippen molar-refractivity contribution in [2.24, 2.45) is 0 Å². The highest BCUT2D eigenvalue weighted by atomic mass is 35.5. The topological polar surface area (TPSA) is 49.4 Å². The largest absolute Gasteiger partial charge is 0.324 e. The Labute approximate surface area is 157 Å². The summed E-state index contributed by atoms with van der Waals surface area (Å²) in [6.07, 6.45) is 0. The van der Waals surface area contributed by atoms with Gasteiger partial charge in [-0.2, -0.15) is 0 Å². The van der Waals surface area contributed by atoms with Gasteiger partial charge in [-0.1, -0.05) is 61.3 Å². The zero-order chi connectivity index (χ0) is 18.6. The summed E-state index contributed by atoms with van der Waals surface area (Å²) in [6.45, 7) is 5.30. The third-order valence-electron chi connectivity index (χ3n) is 3.75. The average molecular weight is 379 g/mol. The Morgan fingerprint density at radius 3 is 2.20 bits per heavy atom. The lowest BCUT2D eigenvalue weighted by Crippen LogP contribution is -2.37. The fourth-order valence-corrected chi connectivity index (χ4v) is 3.14. The van der Waals surface area contributed by atoms with E-state index in [1.54, 1.807) is 18.2 Å². The lowest BCUT2D eigenvalue weighted by Gasteiger charge is -2.23. The number of carbonyl (C=O) groups is 2. The van der Waals surface area contributed by atoms with Crippen LogP contribution in [0.15, 0.2) is 42.5 Å². The molecule has 0 aromatic heterocycles. The van der Waals surface area contributed by atoms with Crippen LogP contribution in [0.1, 0.15) is 32.3 Å². The fourth-order valence-electron chi connectivity index (χ4n) is 2.54. The van der Waals surface area contributed by atoms with Gasteiger partial charge in [0.2, 0.25) is 11.8 Å². The van der Waals surface area contributed by atoms with Crippen LogP contribution in [0, 0.1) is 0 Å². The predicted molar refractivity (Wildman–Crippen MR) is 104 cm³/mol. The van der Waals surface area contributed by atoms with Gasteiger partial charge in [0.25, 0.3) is 0 Å². The standard InChI is InChI=1S/C19H20Cl2N2O2/c1-12(2)14-7-4-5-10-17(14)22-18(25)11-23(13(3)24)19-15(20)8-6-9-16(19)21/h4-10,12H,11H2,1-3H3,(H,22,25). The first-order chi connectivity index (χ1) is 11.8. The molecule has 0 aliphatic heterocycles. The van der Waals surface area contributed by atoms with Crippen molar-refractivity contribution in [1.82, 2.24) is 0 Å². The summed E-state index contributed by atoms with van der Waals surface area (Å²) < 4.78 is 0. The maximum atomic E-state index is 12.5. The van der Waals surface area contributed by atoms with Gasteiger partial charge < -0.3 is 10.2 Å². The number of anilines is 2. The van der Waals surface area contributed by atoms with Crippen molar-refractivity contribution in [3.63, 3.8) is 0 Å². The number of benzene rings is 2. The van der Waals surface area contributed by atoms with Crippen LogP contribution in [0.2, 0.25) is 10.0 Å². The van der Waals surface area contributed by atoms with Crippen LogP contribution >= 0.6 is 23.2 Å². The minimum absolute atomic E-state index is 0.175. The van der Waals surface area contributed by atoms with Gasteiger partial charge in [0.15, 0.2) is 0 Å². The molecule has 0 bridgehead atoms. The first-order valence-electron chi connectivity index (χ1n) is 7.92. The maximum absolute atomic E-state index is 12.5. The zero-order valence-electron chi connectivity index (χ0n) is 14.3.